The van der Waals surface area contributed by atoms with Gasteiger partial charge in [-0.25, -0.2) is 4.98 Å². The maximum atomic E-state index is 12.8. The number of benzene rings is 1. The number of aromatic amines is 1. The largest absolute Gasteiger partial charge is 0.496 e. The maximum Gasteiger partial charge on any atom is 0.197 e. The maximum absolute atomic E-state index is 12.8. The lowest BCUT2D eigenvalue weighted by Gasteiger charge is -2.08. The number of methoxy groups -OCH3 is 1. The standard InChI is InChI=1S/C19H18N4O2S/c1-13-17(20-8-7-18(13)25-2)12-26(24)19-21-15-6-5-14(11-16(15)22-19)23-9-3-4-10-23/h3-11H,12H2,1-2H3,(H,21,22)/t26-/m0/s1. The van der Waals surface area contributed by atoms with E-state index in [1.807, 2.05) is 54.2 Å². The predicted octanol–water partition coefficient (Wildman–Crippen LogP) is 3.37. The van der Waals surface area contributed by atoms with Gasteiger partial charge in [0.2, 0.25) is 0 Å². The van der Waals surface area contributed by atoms with Crippen molar-refractivity contribution < 1.29 is 8.95 Å². The predicted molar refractivity (Wildman–Crippen MR) is 101 cm³/mol. The van der Waals surface area contributed by atoms with Crippen LogP contribution in [0.2, 0.25) is 0 Å². The van der Waals surface area contributed by atoms with E-state index >= 15 is 0 Å². The average molecular weight is 366 g/mol. The first-order valence-electron chi connectivity index (χ1n) is 8.15. The third kappa shape index (κ3) is 3.01. The summed E-state index contributed by atoms with van der Waals surface area (Å²) in [6.45, 7) is 1.92. The Labute approximate surface area is 153 Å². The number of imidazole rings is 1. The van der Waals surface area contributed by atoms with Crippen molar-refractivity contribution in [1.29, 1.82) is 0 Å². The lowest BCUT2D eigenvalue weighted by atomic mass is 10.2. The molecule has 0 spiro atoms. The summed E-state index contributed by atoms with van der Waals surface area (Å²) in [5.41, 5.74) is 4.31. The van der Waals surface area contributed by atoms with E-state index in [1.165, 1.54) is 0 Å². The second-order valence-electron chi connectivity index (χ2n) is 5.91. The Bertz CT molecular complexity index is 1090. The van der Waals surface area contributed by atoms with Gasteiger partial charge >= 0.3 is 0 Å². The summed E-state index contributed by atoms with van der Waals surface area (Å²) >= 11 is 0. The first-order valence-corrected chi connectivity index (χ1v) is 9.47. The Kier molecular flexibility index (Phi) is 4.30. The Morgan fingerprint density at radius 3 is 2.81 bits per heavy atom. The molecule has 26 heavy (non-hydrogen) atoms. The van der Waals surface area contributed by atoms with Gasteiger partial charge in [-0.1, -0.05) is 0 Å². The zero-order valence-corrected chi connectivity index (χ0v) is 15.3. The number of ether oxygens (including phenoxy) is 1. The van der Waals surface area contributed by atoms with Crippen molar-refractivity contribution in [1.82, 2.24) is 19.5 Å². The van der Waals surface area contributed by atoms with Crippen molar-refractivity contribution in [3.05, 3.63) is 66.2 Å². The summed E-state index contributed by atoms with van der Waals surface area (Å²) in [5, 5.41) is 0.452. The molecule has 0 amide bonds. The van der Waals surface area contributed by atoms with Crippen LogP contribution in [0, 0.1) is 6.92 Å². The normalized spacial score (nSPS) is 12.4. The molecular formula is C19H18N4O2S. The molecule has 0 unspecified atom stereocenters. The minimum absolute atomic E-state index is 0.285. The molecule has 0 bridgehead atoms. The Hall–Kier alpha value is -2.93. The zero-order chi connectivity index (χ0) is 18.1. The fourth-order valence-electron chi connectivity index (χ4n) is 2.87. The fraction of sp³-hybridized carbons (Fsp3) is 0.158. The van der Waals surface area contributed by atoms with E-state index in [9.17, 15) is 4.21 Å². The molecule has 3 heterocycles. The second-order valence-corrected chi connectivity index (χ2v) is 7.27. The fourth-order valence-corrected chi connectivity index (χ4v) is 3.97. The highest BCUT2D eigenvalue weighted by Gasteiger charge is 2.15. The molecular weight excluding hydrogens is 348 g/mol. The molecule has 4 rings (SSSR count). The number of rotatable bonds is 5. The SMILES string of the molecule is COc1ccnc(C[S@](=O)c2nc3ccc(-n4cccc4)cc3[nH]2)c1C. The van der Waals surface area contributed by atoms with Gasteiger partial charge in [-0.05, 0) is 43.3 Å². The summed E-state index contributed by atoms with van der Waals surface area (Å²) in [4.78, 5) is 12.0. The molecule has 7 heteroatoms. The van der Waals surface area contributed by atoms with Gasteiger partial charge in [-0.3, -0.25) is 9.19 Å². The van der Waals surface area contributed by atoms with Gasteiger partial charge in [-0.2, -0.15) is 0 Å². The summed E-state index contributed by atoms with van der Waals surface area (Å²) in [6, 6.07) is 11.7. The molecule has 0 aliphatic rings. The highest BCUT2D eigenvalue weighted by molar-refractivity contribution is 7.84. The van der Waals surface area contributed by atoms with E-state index in [4.69, 9.17) is 4.74 Å². The first kappa shape index (κ1) is 16.5. The van der Waals surface area contributed by atoms with Crippen LogP contribution in [0.15, 0.2) is 60.1 Å². The molecule has 0 radical (unpaired) electrons. The smallest absolute Gasteiger partial charge is 0.197 e. The van der Waals surface area contributed by atoms with Crippen LogP contribution in [-0.4, -0.2) is 30.8 Å². The van der Waals surface area contributed by atoms with Crippen LogP contribution < -0.4 is 4.74 Å². The molecule has 132 valence electrons. The highest BCUT2D eigenvalue weighted by Crippen LogP contribution is 2.22. The van der Waals surface area contributed by atoms with E-state index in [0.717, 1.165) is 33.7 Å². The third-order valence-corrected chi connectivity index (χ3v) is 5.47. The number of pyridine rings is 1. The van der Waals surface area contributed by atoms with Crippen LogP contribution in [0.1, 0.15) is 11.3 Å². The molecule has 0 saturated heterocycles. The van der Waals surface area contributed by atoms with Crippen molar-refractivity contribution in [3.8, 4) is 11.4 Å². The number of nitrogens with zero attached hydrogens (tertiary/aromatic N) is 3. The lowest BCUT2D eigenvalue weighted by Crippen LogP contribution is -2.03. The summed E-state index contributed by atoms with van der Waals surface area (Å²) in [7, 11) is 0.293. The van der Waals surface area contributed by atoms with E-state index < -0.39 is 10.8 Å². The van der Waals surface area contributed by atoms with Crippen molar-refractivity contribution in [2.24, 2.45) is 0 Å². The molecule has 0 saturated carbocycles. The molecule has 1 N–H and O–H groups in total. The molecule has 6 nitrogen and oxygen atoms in total. The lowest BCUT2D eigenvalue weighted by molar-refractivity contribution is 0.410. The quantitative estimate of drug-likeness (QED) is 0.588. The van der Waals surface area contributed by atoms with Crippen LogP contribution in [0.25, 0.3) is 16.7 Å². The molecule has 4 aromatic rings. The van der Waals surface area contributed by atoms with Crippen LogP contribution in [-0.2, 0) is 16.6 Å². The second kappa shape index (κ2) is 6.76. The van der Waals surface area contributed by atoms with Gasteiger partial charge in [0.1, 0.15) is 5.75 Å². The Balaban J connectivity index is 1.63. The van der Waals surface area contributed by atoms with Gasteiger partial charge < -0.3 is 14.3 Å². The number of hydrogen-bond acceptors (Lipinski definition) is 4. The van der Waals surface area contributed by atoms with Crippen molar-refractivity contribution in [3.63, 3.8) is 0 Å². The molecule has 3 aromatic heterocycles. The van der Waals surface area contributed by atoms with Gasteiger partial charge in [0.25, 0.3) is 0 Å². The van der Waals surface area contributed by atoms with Crippen LogP contribution in [0.4, 0.5) is 0 Å². The van der Waals surface area contributed by atoms with Crippen LogP contribution >= 0.6 is 0 Å². The van der Waals surface area contributed by atoms with Gasteiger partial charge in [0, 0.05) is 29.8 Å². The number of hydrogen-bond donors (Lipinski definition) is 1. The zero-order valence-electron chi connectivity index (χ0n) is 14.5. The van der Waals surface area contributed by atoms with E-state index in [0.29, 0.717) is 5.16 Å². The number of fused-ring (bicyclic) bond motifs is 1. The highest BCUT2D eigenvalue weighted by atomic mass is 32.2. The van der Waals surface area contributed by atoms with Gasteiger partial charge in [0.05, 0.1) is 40.4 Å². The minimum atomic E-state index is -1.32. The summed E-state index contributed by atoms with van der Waals surface area (Å²) in [5.74, 6) is 1.03. The number of H-pyrrole nitrogens is 1. The molecule has 0 fully saturated rings. The van der Waals surface area contributed by atoms with Crippen molar-refractivity contribution >= 4 is 21.8 Å². The number of aromatic nitrogens is 4. The van der Waals surface area contributed by atoms with Crippen molar-refractivity contribution in [2.75, 3.05) is 7.11 Å². The van der Waals surface area contributed by atoms with E-state index in [1.54, 1.807) is 19.4 Å². The molecule has 1 aromatic carbocycles. The monoisotopic (exact) mass is 366 g/mol. The van der Waals surface area contributed by atoms with E-state index in [-0.39, 0.29) is 5.75 Å². The summed E-state index contributed by atoms with van der Waals surface area (Å²) < 4.78 is 20.1. The first-order chi connectivity index (χ1) is 12.7. The van der Waals surface area contributed by atoms with Crippen LogP contribution in [0.3, 0.4) is 0 Å². The Morgan fingerprint density at radius 2 is 2.04 bits per heavy atom. The molecule has 0 aliphatic heterocycles. The van der Waals surface area contributed by atoms with Gasteiger partial charge in [-0.15, -0.1) is 0 Å². The molecule has 1 atom stereocenters. The van der Waals surface area contributed by atoms with Gasteiger partial charge in [0.15, 0.2) is 5.16 Å². The third-order valence-electron chi connectivity index (χ3n) is 4.31. The average Bonchev–Trinajstić information content (AvgIpc) is 3.32. The molecule has 0 aliphatic carbocycles. The van der Waals surface area contributed by atoms with E-state index in [2.05, 4.69) is 15.0 Å². The Morgan fingerprint density at radius 1 is 1.23 bits per heavy atom. The van der Waals surface area contributed by atoms with Crippen molar-refractivity contribution in [2.45, 2.75) is 17.8 Å². The topological polar surface area (TPSA) is 72.8 Å². The number of nitrogens with one attached hydrogen (secondary N) is 1. The van der Waals surface area contributed by atoms with Crippen LogP contribution in [0.5, 0.6) is 5.75 Å². The summed E-state index contributed by atoms with van der Waals surface area (Å²) in [6.07, 6.45) is 5.63. The minimum Gasteiger partial charge on any atom is -0.496 e.